The number of hydrogen-bond donors (Lipinski definition) is 1. The van der Waals surface area contributed by atoms with Gasteiger partial charge in [0.2, 0.25) is 0 Å². The van der Waals surface area contributed by atoms with Gasteiger partial charge in [0.1, 0.15) is 5.82 Å². The molecule has 2 aromatic heterocycles. The first-order valence-corrected chi connectivity index (χ1v) is 9.72. The number of thiophene rings is 1. The van der Waals surface area contributed by atoms with Crippen molar-refractivity contribution >= 4 is 33.7 Å². The van der Waals surface area contributed by atoms with Gasteiger partial charge in [-0.05, 0) is 35.7 Å². The number of ether oxygens (including phenoxy) is 2. The van der Waals surface area contributed by atoms with Crippen LogP contribution in [0.15, 0.2) is 60.0 Å². The van der Waals surface area contributed by atoms with Gasteiger partial charge in [0.05, 0.1) is 23.6 Å². The number of rotatable bonds is 3. The fourth-order valence-electron chi connectivity index (χ4n) is 3.07. The first-order chi connectivity index (χ1) is 13.4. The Hall–Kier alpha value is -3.12. The van der Waals surface area contributed by atoms with Crippen LogP contribution in [0.1, 0.15) is 6.42 Å². The molecule has 5 rings (SSSR count). The Balaban J connectivity index is 1.57. The van der Waals surface area contributed by atoms with Gasteiger partial charge in [0.15, 0.2) is 17.3 Å². The topological polar surface area (TPSA) is 56.3 Å². The van der Waals surface area contributed by atoms with Crippen molar-refractivity contribution in [2.24, 2.45) is 0 Å². The second-order valence-corrected chi connectivity index (χ2v) is 7.17. The van der Waals surface area contributed by atoms with E-state index in [1.54, 1.807) is 11.3 Å². The maximum absolute atomic E-state index is 5.80. The summed E-state index contributed by atoms with van der Waals surface area (Å²) >= 11 is 1.63. The van der Waals surface area contributed by atoms with E-state index in [9.17, 15) is 0 Å². The highest BCUT2D eigenvalue weighted by molar-refractivity contribution is 7.13. The minimum Gasteiger partial charge on any atom is -0.490 e. The number of nitrogens with zero attached hydrogens (tertiary/aromatic N) is 2. The lowest BCUT2D eigenvalue weighted by Crippen LogP contribution is -1.99. The molecule has 0 bridgehead atoms. The van der Waals surface area contributed by atoms with Gasteiger partial charge in [-0.15, -0.1) is 11.3 Å². The van der Waals surface area contributed by atoms with E-state index in [4.69, 9.17) is 19.4 Å². The second kappa shape index (κ2) is 6.89. The molecule has 0 aliphatic carbocycles. The summed E-state index contributed by atoms with van der Waals surface area (Å²) in [7, 11) is 0. The van der Waals surface area contributed by atoms with E-state index in [1.807, 2.05) is 60.0 Å². The molecule has 6 heteroatoms. The summed E-state index contributed by atoms with van der Waals surface area (Å²) in [6.07, 6.45) is 0.887. The number of nitrogens with one attached hydrogen (secondary N) is 1. The van der Waals surface area contributed by atoms with Crippen LogP contribution in [-0.4, -0.2) is 23.2 Å². The van der Waals surface area contributed by atoms with Gasteiger partial charge in [-0.3, -0.25) is 0 Å². The Kier molecular flexibility index (Phi) is 4.10. The Labute approximate surface area is 160 Å². The molecule has 0 saturated heterocycles. The summed E-state index contributed by atoms with van der Waals surface area (Å²) in [5, 5.41) is 6.45. The number of fused-ring (bicyclic) bond motifs is 2. The molecule has 0 fully saturated rings. The molecule has 1 aliphatic rings. The SMILES string of the molecule is c1csc(-c2nc(Nc3ccc4c(c3)OCCCO4)c3ccccc3n2)c1. The Morgan fingerprint density at radius 2 is 1.78 bits per heavy atom. The molecule has 0 amide bonds. The van der Waals surface area contributed by atoms with Gasteiger partial charge >= 0.3 is 0 Å². The monoisotopic (exact) mass is 375 g/mol. The van der Waals surface area contributed by atoms with Crippen LogP contribution in [0.25, 0.3) is 21.6 Å². The summed E-state index contributed by atoms with van der Waals surface area (Å²) in [5.74, 6) is 3.04. The minimum absolute atomic E-state index is 0.662. The highest BCUT2D eigenvalue weighted by Gasteiger charge is 2.13. The normalized spacial score (nSPS) is 13.3. The van der Waals surface area contributed by atoms with Gasteiger partial charge in [-0.25, -0.2) is 9.97 Å². The number of hydrogen-bond acceptors (Lipinski definition) is 6. The molecule has 0 unspecified atom stereocenters. The maximum atomic E-state index is 5.80. The van der Waals surface area contributed by atoms with Gasteiger partial charge in [0, 0.05) is 23.6 Å². The quantitative estimate of drug-likeness (QED) is 0.529. The Morgan fingerprint density at radius 1 is 0.889 bits per heavy atom. The fraction of sp³-hybridized carbons (Fsp3) is 0.143. The van der Waals surface area contributed by atoms with Gasteiger partial charge in [-0.2, -0.15) is 0 Å². The molecule has 134 valence electrons. The van der Waals surface area contributed by atoms with Crippen LogP contribution in [-0.2, 0) is 0 Å². The van der Waals surface area contributed by atoms with Gasteiger partial charge in [-0.1, -0.05) is 18.2 Å². The predicted molar refractivity (Wildman–Crippen MR) is 108 cm³/mol. The van der Waals surface area contributed by atoms with Crippen molar-refractivity contribution in [1.82, 2.24) is 9.97 Å². The molecule has 1 aliphatic heterocycles. The van der Waals surface area contributed by atoms with Crippen LogP contribution in [0.2, 0.25) is 0 Å². The van der Waals surface area contributed by atoms with E-state index in [1.165, 1.54) is 0 Å². The number of anilines is 2. The summed E-state index contributed by atoms with van der Waals surface area (Å²) in [6.45, 7) is 1.34. The average molecular weight is 375 g/mol. The molecule has 0 radical (unpaired) electrons. The van der Waals surface area contributed by atoms with Crippen LogP contribution < -0.4 is 14.8 Å². The number of aromatic nitrogens is 2. The first-order valence-electron chi connectivity index (χ1n) is 8.84. The largest absolute Gasteiger partial charge is 0.490 e. The molecule has 0 spiro atoms. The summed E-state index contributed by atoms with van der Waals surface area (Å²) in [4.78, 5) is 10.5. The maximum Gasteiger partial charge on any atom is 0.172 e. The van der Waals surface area contributed by atoms with E-state index >= 15 is 0 Å². The summed E-state index contributed by atoms with van der Waals surface area (Å²) < 4.78 is 11.5. The molecule has 4 aromatic rings. The molecular weight excluding hydrogens is 358 g/mol. The third kappa shape index (κ3) is 3.19. The van der Waals surface area contributed by atoms with Crippen LogP contribution in [0, 0.1) is 0 Å². The van der Waals surface area contributed by atoms with Crippen molar-refractivity contribution < 1.29 is 9.47 Å². The molecule has 0 saturated carbocycles. The zero-order valence-corrected chi connectivity index (χ0v) is 15.3. The lowest BCUT2D eigenvalue weighted by Gasteiger charge is -2.13. The lowest BCUT2D eigenvalue weighted by atomic mass is 10.2. The smallest absolute Gasteiger partial charge is 0.172 e. The minimum atomic E-state index is 0.662. The van der Waals surface area contributed by atoms with E-state index in [0.29, 0.717) is 13.2 Å². The third-order valence-corrected chi connectivity index (χ3v) is 5.22. The third-order valence-electron chi connectivity index (χ3n) is 4.36. The fourth-order valence-corrected chi connectivity index (χ4v) is 3.72. The van der Waals surface area contributed by atoms with Crippen molar-refractivity contribution in [3.63, 3.8) is 0 Å². The van der Waals surface area contributed by atoms with E-state index < -0.39 is 0 Å². The van der Waals surface area contributed by atoms with Crippen LogP contribution in [0.3, 0.4) is 0 Å². The van der Waals surface area contributed by atoms with Crippen molar-refractivity contribution in [3.8, 4) is 22.2 Å². The standard InChI is InChI=1S/C21H17N3O2S/c1-2-6-16-15(5-1)20(24-21(23-16)19-7-3-12-27-19)22-14-8-9-17-18(13-14)26-11-4-10-25-17/h1-3,5-9,12-13H,4,10-11H2,(H,22,23,24). The zero-order chi connectivity index (χ0) is 18.1. The van der Waals surface area contributed by atoms with Gasteiger partial charge in [0.25, 0.3) is 0 Å². The van der Waals surface area contributed by atoms with Crippen LogP contribution in [0.5, 0.6) is 11.5 Å². The molecule has 27 heavy (non-hydrogen) atoms. The molecule has 1 N–H and O–H groups in total. The molecule has 2 aromatic carbocycles. The summed E-state index contributed by atoms with van der Waals surface area (Å²) in [6, 6.07) is 17.9. The van der Waals surface area contributed by atoms with Crippen LogP contribution >= 0.6 is 11.3 Å². The van der Waals surface area contributed by atoms with Crippen molar-refractivity contribution in [1.29, 1.82) is 0 Å². The van der Waals surface area contributed by atoms with E-state index in [0.717, 1.165) is 51.0 Å². The van der Waals surface area contributed by atoms with Crippen molar-refractivity contribution in [2.45, 2.75) is 6.42 Å². The predicted octanol–water partition coefficient (Wildman–Crippen LogP) is 5.26. The number of benzene rings is 2. The molecular formula is C21H17N3O2S. The lowest BCUT2D eigenvalue weighted by molar-refractivity contribution is 0.297. The number of para-hydroxylation sites is 1. The van der Waals surface area contributed by atoms with Crippen molar-refractivity contribution in [3.05, 3.63) is 60.0 Å². The van der Waals surface area contributed by atoms with Gasteiger partial charge < -0.3 is 14.8 Å². The van der Waals surface area contributed by atoms with Crippen molar-refractivity contribution in [2.75, 3.05) is 18.5 Å². The Bertz CT molecular complexity index is 1100. The zero-order valence-electron chi connectivity index (χ0n) is 14.5. The molecule has 3 heterocycles. The molecule has 0 atom stereocenters. The molecule has 5 nitrogen and oxygen atoms in total. The average Bonchev–Trinajstić information content (AvgIpc) is 3.14. The highest BCUT2D eigenvalue weighted by atomic mass is 32.1. The highest BCUT2D eigenvalue weighted by Crippen LogP contribution is 2.35. The van der Waals surface area contributed by atoms with E-state index in [-0.39, 0.29) is 0 Å². The first kappa shape index (κ1) is 16.1. The van der Waals surface area contributed by atoms with Crippen LogP contribution in [0.4, 0.5) is 11.5 Å². The van der Waals surface area contributed by atoms with E-state index in [2.05, 4.69) is 5.32 Å². The second-order valence-electron chi connectivity index (χ2n) is 6.23. The Morgan fingerprint density at radius 3 is 2.67 bits per heavy atom. The summed E-state index contributed by atoms with van der Waals surface area (Å²) in [5.41, 5.74) is 1.81.